The van der Waals surface area contributed by atoms with E-state index < -0.39 is 18.0 Å². The number of nitrogens with one attached hydrogen (secondary N) is 1. The molecule has 0 aliphatic rings. The third-order valence-corrected chi connectivity index (χ3v) is 2.18. The zero-order valence-corrected chi connectivity index (χ0v) is 9.06. The number of rotatable bonds is 4. The summed E-state index contributed by atoms with van der Waals surface area (Å²) >= 11 is 3.21. The lowest BCUT2D eigenvalue weighted by molar-refractivity contribution is -0.148. The highest BCUT2D eigenvalue weighted by Crippen LogP contribution is 2.14. The fraction of sp³-hybridized carbons (Fsp3) is 0.111. The van der Waals surface area contributed by atoms with Crippen LogP contribution in [0.4, 0.5) is 5.69 Å². The molecule has 0 bridgehead atoms. The minimum absolute atomic E-state index is 0.438. The highest BCUT2D eigenvalue weighted by atomic mass is 79.9. The van der Waals surface area contributed by atoms with Crippen molar-refractivity contribution in [2.24, 2.45) is 0 Å². The number of carbonyl (C=O) groups is 2. The minimum atomic E-state index is -1.63. The molecule has 0 radical (unpaired) electrons. The van der Waals surface area contributed by atoms with Crippen molar-refractivity contribution < 1.29 is 19.8 Å². The summed E-state index contributed by atoms with van der Waals surface area (Å²) in [6.07, 6.45) is 0. The van der Waals surface area contributed by atoms with Crippen LogP contribution in [0.5, 0.6) is 0 Å². The zero-order valence-electron chi connectivity index (χ0n) is 7.48. The Morgan fingerprint density at radius 1 is 1.13 bits per heavy atom. The average Bonchev–Trinajstić information content (AvgIpc) is 2.15. The predicted molar refractivity (Wildman–Crippen MR) is 56.8 cm³/mol. The quantitative estimate of drug-likeness (QED) is 0.722. The van der Waals surface area contributed by atoms with Crippen LogP contribution in [0, 0.1) is 0 Å². The van der Waals surface area contributed by atoms with Gasteiger partial charge in [0.25, 0.3) is 0 Å². The van der Waals surface area contributed by atoms with Gasteiger partial charge in [-0.2, -0.15) is 0 Å². The molecule has 0 fully saturated rings. The van der Waals surface area contributed by atoms with Crippen LogP contribution in [0.2, 0.25) is 0 Å². The molecule has 0 saturated carbocycles. The van der Waals surface area contributed by atoms with Gasteiger partial charge in [-0.1, -0.05) is 15.9 Å². The number of hydrogen-bond acceptors (Lipinski definition) is 3. The Balaban J connectivity index is 2.79. The van der Waals surface area contributed by atoms with E-state index in [0.29, 0.717) is 5.69 Å². The van der Waals surface area contributed by atoms with Crippen LogP contribution in [0.25, 0.3) is 0 Å². The number of aliphatic carboxylic acids is 2. The average molecular weight is 274 g/mol. The molecule has 1 aromatic carbocycles. The van der Waals surface area contributed by atoms with Crippen molar-refractivity contribution in [2.75, 3.05) is 5.32 Å². The van der Waals surface area contributed by atoms with E-state index in [1.807, 2.05) is 0 Å². The predicted octanol–water partition coefficient (Wildman–Crippen LogP) is 1.40. The van der Waals surface area contributed by atoms with Crippen LogP contribution >= 0.6 is 15.9 Å². The third-order valence-electron chi connectivity index (χ3n) is 1.65. The molecule has 0 aliphatic carbocycles. The SMILES string of the molecule is O=C(O)C(Nc1ccc(Br)cc1)C(=O)O. The van der Waals surface area contributed by atoms with E-state index in [-0.39, 0.29) is 0 Å². The number of carboxylic acids is 2. The van der Waals surface area contributed by atoms with Gasteiger partial charge in [0.15, 0.2) is 0 Å². The first-order valence-electron chi connectivity index (χ1n) is 3.98. The fourth-order valence-corrected chi connectivity index (χ4v) is 1.21. The third kappa shape index (κ3) is 3.25. The largest absolute Gasteiger partial charge is 0.479 e. The van der Waals surface area contributed by atoms with Gasteiger partial charge in [0.1, 0.15) is 0 Å². The van der Waals surface area contributed by atoms with E-state index in [9.17, 15) is 9.59 Å². The molecule has 15 heavy (non-hydrogen) atoms. The summed E-state index contributed by atoms with van der Waals surface area (Å²) in [4.78, 5) is 21.1. The van der Waals surface area contributed by atoms with Crippen molar-refractivity contribution in [3.8, 4) is 0 Å². The maximum Gasteiger partial charge on any atom is 0.337 e. The highest BCUT2D eigenvalue weighted by molar-refractivity contribution is 9.10. The van der Waals surface area contributed by atoms with Crippen LogP contribution in [0.1, 0.15) is 0 Å². The van der Waals surface area contributed by atoms with Crippen LogP contribution in [0.15, 0.2) is 28.7 Å². The lowest BCUT2D eigenvalue weighted by Crippen LogP contribution is -2.37. The van der Waals surface area contributed by atoms with Crippen molar-refractivity contribution in [3.05, 3.63) is 28.7 Å². The van der Waals surface area contributed by atoms with E-state index in [2.05, 4.69) is 21.2 Å². The van der Waals surface area contributed by atoms with Gasteiger partial charge in [-0.3, -0.25) is 0 Å². The molecular formula is C9H8BrNO4. The first-order chi connectivity index (χ1) is 7.00. The molecule has 0 atom stereocenters. The van der Waals surface area contributed by atoms with Crippen molar-refractivity contribution in [1.82, 2.24) is 0 Å². The summed E-state index contributed by atoms with van der Waals surface area (Å²) in [6.45, 7) is 0. The topological polar surface area (TPSA) is 86.6 Å². The molecule has 0 amide bonds. The molecule has 0 spiro atoms. The van der Waals surface area contributed by atoms with Gasteiger partial charge in [-0.05, 0) is 24.3 Å². The highest BCUT2D eigenvalue weighted by Gasteiger charge is 2.25. The Morgan fingerprint density at radius 3 is 2.00 bits per heavy atom. The number of benzene rings is 1. The van der Waals surface area contributed by atoms with E-state index in [1.54, 1.807) is 24.3 Å². The normalized spacial score (nSPS) is 10.0. The minimum Gasteiger partial charge on any atom is -0.479 e. The van der Waals surface area contributed by atoms with Crippen LogP contribution < -0.4 is 5.32 Å². The van der Waals surface area contributed by atoms with Gasteiger partial charge in [0.2, 0.25) is 6.04 Å². The van der Waals surface area contributed by atoms with E-state index in [0.717, 1.165) is 4.47 Å². The summed E-state index contributed by atoms with van der Waals surface area (Å²) < 4.78 is 0.829. The van der Waals surface area contributed by atoms with Gasteiger partial charge in [0.05, 0.1) is 0 Å². The molecule has 5 nitrogen and oxygen atoms in total. The van der Waals surface area contributed by atoms with E-state index in [1.165, 1.54) is 0 Å². The van der Waals surface area contributed by atoms with Gasteiger partial charge in [-0.15, -0.1) is 0 Å². The Kier molecular flexibility index (Phi) is 3.68. The van der Waals surface area contributed by atoms with Gasteiger partial charge in [0, 0.05) is 10.2 Å². The molecule has 0 aromatic heterocycles. The van der Waals surface area contributed by atoms with Crippen molar-refractivity contribution in [2.45, 2.75) is 6.04 Å². The Bertz CT molecular complexity index is 362. The molecule has 0 heterocycles. The zero-order chi connectivity index (χ0) is 11.4. The summed E-state index contributed by atoms with van der Waals surface area (Å²) in [6, 6.07) is 4.91. The van der Waals surface area contributed by atoms with E-state index >= 15 is 0 Å². The smallest absolute Gasteiger partial charge is 0.337 e. The maximum atomic E-state index is 10.6. The number of carboxylic acid groups (broad SMARTS) is 2. The summed E-state index contributed by atoms with van der Waals surface area (Å²) in [7, 11) is 0. The molecule has 0 saturated heterocycles. The second kappa shape index (κ2) is 4.79. The lowest BCUT2D eigenvalue weighted by atomic mass is 10.2. The molecule has 0 unspecified atom stereocenters. The first kappa shape index (κ1) is 11.5. The Labute approximate surface area is 93.9 Å². The molecule has 0 aliphatic heterocycles. The molecule has 80 valence electrons. The molecular weight excluding hydrogens is 266 g/mol. The lowest BCUT2D eigenvalue weighted by Gasteiger charge is -2.10. The first-order valence-corrected chi connectivity index (χ1v) is 4.77. The number of anilines is 1. The van der Waals surface area contributed by atoms with Crippen molar-refractivity contribution in [3.63, 3.8) is 0 Å². The van der Waals surface area contributed by atoms with Crippen molar-refractivity contribution >= 4 is 33.6 Å². The van der Waals surface area contributed by atoms with Gasteiger partial charge < -0.3 is 15.5 Å². The van der Waals surface area contributed by atoms with E-state index in [4.69, 9.17) is 10.2 Å². The standard InChI is InChI=1S/C9H8BrNO4/c10-5-1-3-6(4-2-5)11-7(8(12)13)9(14)15/h1-4,7,11H,(H,12,13)(H,14,15). The second-order valence-corrected chi connectivity index (χ2v) is 3.68. The molecule has 6 heteroatoms. The van der Waals surface area contributed by atoms with Crippen molar-refractivity contribution in [1.29, 1.82) is 0 Å². The van der Waals surface area contributed by atoms with Crippen LogP contribution in [-0.2, 0) is 9.59 Å². The van der Waals surface area contributed by atoms with Gasteiger partial charge >= 0.3 is 11.9 Å². The second-order valence-electron chi connectivity index (χ2n) is 2.76. The monoisotopic (exact) mass is 273 g/mol. The molecule has 3 N–H and O–H groups in total. The Morgan fingerprint density at radius 2 is 1.60 bits per heavy atom. The number of halogens is 1. The summed E-state index contributed by atoms with van der Waals surface area (Å²) in [5.41, 5.74) is 0.438. The van der Waals surface area contributed by atoms with Gasteiger partial charge in [-0.25, -0.2) is 9.59 Å². The number of hydrogen-bond donors (Lipinski definition) is 3. The summed E-state index contributed by atoms with van der Waals surface area (Å²) in [5, 5.41) is 19.6. The molecule has 1 aromatic rings. The Hall–Kier alpha value is -1.56. The van der Waals surface area contributed by atoms with Crippen LogP contribution in [-0.4, -0.2) is 28.2 Å². The fourth-order valence-electron chi connectivity index (χ4n) is 0.942. The van der Waals surface area contributed by atoms with Crippen LogP contribution in [0.3, 0.4) is 0 Å². The molecule has 1 rings (SSSR count). The summed E-state index contributed by atoms with van der Waals surface area (Å²) in [5.74, 6) is -2.85. The maximum absolute atomic E-state index is 10.6.